The summed E-state index contributed by atoms with van der Waals surface area (Å²) in [5.41, 5.74) is 7.39. The molecular weight excluding hydrogens is 202 g/mol. The van der Waals surface area contributed by atoms with Gasteiger partial charge in [-0.3, -0.25) is 0 Å². The zero-order valence-electron chi connectivity index (χ0n) is 9.86. The minimum atomic E-state index is 0.181. The Kier molecular flexibility index (Phi) is 5.20. The summed E-state index contributed by atoms with van der Waals surface area (Å²) in [7, 11) is 0. The molecule has 1 aromatic rings. The first-order valence-corrected chi connectivity index (χ1v) is 6.61. The molecule has 0 spiro atoms. The highest BCUT2D eigenvalue weighted by atomic mass is 32.2. The van der Waals surface area contributed by atoms with Gasteiger partial charge in [-0.2, -0.15) is 0 Å². The highest BCUT2D eigenvalue weighted by molar-refractivity contribution is 7.99. The molecule has 0 saturated heterocycles. The van der Waals surface area contributed by atoms with Crippen LogP contribution in [0.25, 0.3) is 0 Å². The molecule has 0 unspecified atom stereocenters. The zero-order valence-corrected chi connectivity index (χ0v) is 10.7. The number of hydrogen-bond donors (Lipinski definition) is 1. The van der Waals surface area contributed by atoms with Gasteiger partial charge in [0.2, 0.25) is 0 Å². The van der Waals surface area contributed by atoms with Crippen molar-refractivity contribution < 1.29 is 0 Å². The highest BCUT2D eigenvalue weighted by Crippen LogP contribution is 2.28. The third kappa shape index (κ3) is 3.88. The van der Waals surface area contributed by atoms with Gasteiger partial charge >= 0.3 is 0 Å². The Bertz CT molecular complexity index is 296. The molecule has 0 aromatic heterocycles. The Balaban J connectivity index is 2.77. The maximum Gasteiger partial charge on any atom is 0.0303 e. The lowest BCUT2D eigenvalue weighted by Gasteiger charge is -2.15. The van der Waals surface area contributed by atoms with Crippen molar-refractivity contribution in [1.82, 2.24) is 0 Å². The molecule has 2 N–H and O–H groups in total. The van der Waals surface area contributed by atoms with E-state index in [9.17, 15) is 0 Å². The number of nitrogens with two attached hydrogens (primary N) is 1. The lowest BCUT2D eigenvalue weighted by molar-refractivity contribution is 0.684. The largest absolute Gasteiger partial charge is 0.324 e. The zero-order chi connectivity index (χ0) is 11.3. The average Bonchev–Trinajstić information content (AvgIpc) is 2.25. The lowest BCUT2D eigenvalue weighted by Crippen LogP contribution is -2.09. The third-order valence-corrected chi connectivity index (χ3v) is 3.85. The summed E-state index contributed by atoms with van der Waals surface area (Å²) in [5, 5.41) is 0. The second-order valence-corrected chi connectivity index (χ2v) is 5.32. The van der Waals surface area contributed by atoms with E-state index in [0.717, 1.165) is 18.1 Å². The number of rotatable bonds is 5. The maximum atomic E-state index is 6.09. The first kappa shape index (κ1) is 12.6. The summed E-state index contributed by atoms with van der Waals surface area (Å²) >= 11 is 1.92. The molecule has 0 bridgehead atoms. The van der Waals surface area contributed by atoms with E-state index in [-0.39, 0.29) is 6.04 Å². The fraction of sp³-hybridized carbons (Fsp3) is 0.538. The van der Waals surface area contributed by atoms with Gasteiger partial charge in [0.25, 0.3) is 0 Å². The summed E-state index contributed by atoms with van der Waals surface area (Å²) in [6.07, 6.45) is 0.999. The second kappa shape index (κ2) is 6.19. The first-order chi connectivity index (χ1) is 7.15. The van der Waals surface area contributed by atoms with Crippen LogP contribution in [0.3, 0.4) is 0 Å². The Morgan fingerprint density at radius 1 is 1.27 bits per heavy atom. The topological polar surface area (TPSA) is 26.0 Å². The molecular formula is C13H21NS. The van der Waals surface area contributed by atoms with Crippen LogP contribution in [0.15, 0.2) is 29.2 Å². The van der Waals surface area contributed by atoms with Crippen molar-refractivity contribution in [3.63, 3.8) is 0 Å². The molecule has 15 heavy (non-hydrogen) atoms. The molecule has 0 aliphatic rings. The van der Waals surface area contributed by atoms with Crippen molar-refractivity contribution in [2.75, 3.05) is 5.75 Å². The molecule has 0 radical (unpaired) electrons. The quantitative estimate of drug-likeness (QED) is 0.767. The minimum absolute atomic E-state index is 0.181. The third-order valence-electron chi connectivity index (χ3n) is 2.33. The molecule has 0 amide bonds. The van der Waals surface area contributed by atoms with Gasteiger partial charge in [0, 0.05) is 16.7 Å². The van der Waals surface area contributed by atoms with Crippen molar-refractivity contribution in [3.05, 3.63) is 29.8 Å². The van der Waals surface area contributed by atoms with Gasteiger partial charge in [-0.15, -0.1) is 11.8 Å². The van der Waals surface area contributed by atoms with Crippen molar-refractivity contribution in [2.24, 2.45) is 11.7 Å². The average molecular weight is 223 g/mol. The van der Waals surface area contributed by atoms with Crippen molar-refractivity contribution in [2.45, 2.75) is 38.1 Å². The predicted octanol–water partition coefficient (Wildman–Crippen LogP) is 3.84. The van der Waals surface area contributed by atoms with Crippen LogP contribution in [0.4, 0.5) is 0 Å². The smallest absolute Gasteiger partial charge is 0.0303 e. The standard InChI is InChI=1S/C13H21NS/c1-4-12(14)11-7-5-6-8-13(11)15-9-10(2)3/h5-8,10,12H,4,9,14H2,1-3H3/t12-/m0/s1. The number of hydrogen-bond acceptors (Lipinski definition) is 2. The van der Waals surface area contributed by atoms with Crippen LogP contribution in [0, 0.1) is 5.92 Å². The van der Waals surface area contributed by atoms with Gasteiger partial charge in [-0.05, 0) is 24.0 Å². The molecule has 1 nitrogen and oxygen atoms in total. The molecule has 1 aromatic carbocycles. The van der Waals surface area contributed by atoms with Gasteiger partial charge in [0.15, 0.2) is 0 Å². The van der Waals surface area contributed by atoms with Gasteiger partial charge < -0.3 is 5.73 Å². The summed E-state index contributed by atoms with van der Waals surface area (Å²) in [5.74, 6) is 1.88. The van der Waals surface area contributed by atoms with E-state index >= 15 is 0 Å². The lowest BCUT2D eigenvalue weighted by atomic mass is 10.1. The van der Waals surface area contributed by atoms with E-state index in [1.165, 1.54) is 10.5 Å². The fourth-order valence-electron chi connectivity index (χ4n) is 1.39. The predicted molar refractivity (Wildman–Crippen MR) is 69.2 cm³/mol. The summed E-state index contributed by atoms with van der Waals surface area (Å²) in [6.45, 7) is 6.62. The van der Waals surface area contributed by atoms with Crippen LogP contribution in [-0.4, -0.2) is 5.75 Å². The number of benzene rings is 1. The molecule has 0 aliphatic heterocycles. The Hall–Kier alpha value is -0.470. The molecule has 2 heteroatoms. The summed E-state index contributed by atoms with van der Waals surface area (Å²) in [6, 6.07) is 8.67. The molecule has 0 aliphatic carbocycles. The summed E-state index contributed by atoms with van der Waals surface area (Å²) < 4.78 is 0. The van der Waals surface area contributed by atoms with Crippen molar-refractivity contribution in [3.8, 4) is 0 Å². The minimum Gasteiger partial charge on any atom is -0.324 e. The number of thioether (sulfide) groups is 1. The van der Waals surface area contributed by atoms with E-state index in [0.29, 0.717) is 0 Å². The van der Waals surface area contributed by atoms with E-state index in [4.69, 9.17) is 5.73 Å². The van der Waals surface area contributed by atoms with Crippen LogP contribution < -0.4 is 5.73 Å². The molecule has 1 atom stereocenters. The van der Waals surface area contributed by atoms with Crippen LogP contribution in [0.1, 0.15) is 38.8 Å². The monoisotopic (exact) mass is 223 g/mol. The molecule has 0 fully saturated rings. The van der Waals surface area contributed by atoms with E-state index in [1.807, 2.05) is 11.8 Å². The van der Waals surface area contributed by atoms with E-state index in [1.54, 1.807) is 0 Å². The van der Waals surface area contributed by atoms with Crippen LogP contribution in [0.5, 0.6) is 0 Å². The van der Waals surface area contributed by atoms with Crippen LogP contribution in [-0.2, 0) is 0 Å². The van der Waals surface area contributed by atoms with Gasteiger partial charge in [-0.1, -0.05) is 39.0 Å². The van der Waals surface area contributed by atoms with Gasteiger partial charge in [0.05, 0.1) is 0 Å². The Morgan fingerprint density at radius 2 is 1.93 bits per heavy atom. The van der Waals surface area contributed by atoms with Gasteiger partial charge in [0.1, 0.15) is 0 Å². The normalized spacial score (nSPS) is 13.1. The Morgan fingerprint density at radius 3 is 2.53 bits per heavy atom. The van der Waals surface area contributed by atoms with Crippen LogP contribution in [0.2, 0.25) is 0 Å². The van der Waals surface area contributed by atoms with Crippen molar-refractivity contribution in [1.29, 1.82) is 0 Å². The van der Waals surface area contributed by atoms with Crippen LogP contribution >= 0.6 is 11.8 Å². The molecule has 84 valence electrons. The Labute approximate surface area is 97.4 Å². The molecule has 0 heterocycles. The SMILES string of the molecule is CC[C@H](N)c1ccccc1SCC(C)C. The highest BCUT2D eigenvalue weighted by Gasteiger charge is 2.09. The fourth-order valence-corrected chi connectivity index (χ4v) is 2.47. The molecule has 1 rings (SSSR count). The first-order valence-electron chi connectivity index (χ1n) is 5.62. The van der Waals surface area contributed by atoms with Crippen molar-refractivity contribution >= 4 is 11.8 Å². The van der Waals surface area contributed by atoms with E-state index in [2.05, 4.69) is 45.0 Å². The maximum absolute atomic E-state index is 6.09. The summed E-state index contributed by atoms with van der Waals surface area (Å²) in [4.78, 5) is 1.35. The van der Waals surface area contributed by atoms with Gasteiger partial charge in [-0.25, -0.2) is 0 Å². The molecule has 0 saturated carbocycles. The second-order valence-electron chi connectivity index (χ2n) is 4.26. The van der Waals surface area contributed by atoms with E-state index < -0.39 is 0 Å².